The predicted octanol–water partition coefficient (Wildman–Crippen LogP) is -0.233. The lowest BCUT2D eigenvalue weighted by atomic mass is 10.3. The van der Waals surface area contributed by atoms with E-state index < -0.39 is 0 Å². The van der Waals surface area contributed by atoms with Crippen LogP contribution in [0.3, 0.4) is 0 Å². The molecule has 2 aromatic heterocycles. The molecule has 3 rings (SSSR count). The summed E-state index contributed by atoms with van der Waals surface area (Å²) in [5.41, 5.74) is 0.854. The molecule has 1 aliphatic rings. The van der Waals surface area contributed by atoms with E-state index in [9.17, 15) is 4.79 Å². The maximum atomic E-state index is 11.9. The van der Waals surface area contributed by atoms with Crippen molar-refractivity contribution in [2.75, 3.05) is 6.54 Å². The van der Waals surface area contributed by atoms with E-state index in [-0.39, 0.29) is 5.56 Å². The zero-order chi connectivity index (χ0) is 11.0. The number of rotatable bonds is 1. The van der Waals surface area contributed by atoms with Gasteiger partial charge in [0.25, 0.3) is 5.56 Å². The average molecular weight is 231 g/mol. The van der Waals surface area contributed by atoms with Crippen molar-refractivity contribution in [2.24, 2.45) is 4.99 Å². The number of hydrogen-bond donors (Lipinski definition) is 0. The van der Waals surface area contributed by atoms with Crippen molar-refractivity contribution in [3.8, 4) is 0 Å². The second-order valence-electron chi connectivity index (χ2n) is 3.49. The van der Waals surface area contributed by atoms with Crippen molar-refractivity contribution >= 4 is 17.4 Å². The molecule has 80 valence electrons. The van der Waals surface area contributed by atoms with Crippen molar-refractivity contribution in [2.45, 2.75) is 6.54 Å². The molecule has 0 unspecified atom stereocenters. The molecule has 4 nitrogen and oxygen atoms in total. The lowest BCUT2D eigenvalue weighted by Crippen LogP contribution is -2.29. The highest BCUT2D eigenvalue weighted by Gasteiger charge is 2.09. The molecule has 0 N–H and O–H groups in total. The van der Waals surface area contributed by atoms with Crippen LogP contribution in [-0.4, -0.2) is 16.1 Å². The number of fused-ring (bicyclic) bond motifs is 1. The highest BCUT2D eigenvalue weighted by molar-refractivity contribution is 7.07. The van der Waals surface area contributed by atoms with Crippen molar-refractivity contribution in [1.82, 2.24) is 9.55 Å². The second-order valence-corrected chi connectivity index (χ2v) is 4.50. The Balaban J connectivity index is 2.22. The predicted molar refractivity (Wildman–Crippen MR) is 62.0 cm³/mol. The van der Waals surface area contributed by atoms with Gasteiger partial charge in [-0.25, -0.2) is 0 Å². The number of pyridine rings is 1. The van der Waals surface area contributed by atoms with E-state index in [0.29, 0.717) is 11.1 Å². The Morgan fingerprint density at radius 1 is 1.44 bits per heavy atom. The number of aromatic nitrogens is 2. The first kappa shape index (κ1) is 9.47. The van der Waals surface area contributed by atoms with Gasteiger partial charge in [-0.05, 0) is 18.2 Å². The summed E-state index contributed by atoms with van der Waals surface area (Å²) in [6.07, 6.45) is 3.53. The fourth-order valence-electron chi connectivity index (χ4n) is 1.66. The Hall–Kier alpha value is -1.75. The SMILES string of the molecule is O=c1c(=Cc2ccccn2)sc2n1CCN=2. The number of thiazole rings is 1. The third kappa shape index (κ3) is 1.49. The lowest BCUT2D eigenvalue weighted by Gasteiger charge is -1.88. The number of hydrogen-bond acceptors (Lipinski definition) is 4. The fourth-order valence-corrected chi connectivity index (χ4v) is 2.68. The molecule has 3 heterocycles. The molecule has 0 saturated heterocycles. The molecule has 16 heavy (non-hydrogen) atoms. The fraction of sp³-hybridized carbons (Fsp3) is 0.182. The average Bonchev–Trinajstić information content (AvgIpc) is 2.86. The molecule has 0 atom stereocenters. The van der Waals surface area contributed by atoms with Crippen LogP contribution in [0.4, 0.5) is 0 Å². The molecule has 0 saturated carbocycles. The molecule has 1 aliphatic heterocycles. The minimum absolute atomic E-state index is 0.0481. The normalized spacial score (nSPS) is 14.9. The van der Waals surface area contributed by atoms with E-state index in [2.05, 4.69) is 9.98 Å². The van der Waals surface area contributed by atoms with E-state index in [1.54, 1.807) is 10.8 Å². The van der Waals surface area contributed by atoms with Crippen LogP contribution in [0.5, 0.6) is 0 Å². The molecule has 0 amide bonds. The zero-order valence-electron chi connectivity index (χ0n) is 8.46. The Morgan fingerprint density at radius 2 is 2.38 bits per heavy atom. The van der Waals surface area contributed by atoms with E-state index in [1.165, 1.54) is 11.3 Å². The van der Waals surface area contributed by atoms with Gasteiger partial charge in [0.15, 0.2) is 4.80 Å². The van der Waals surface area contributed by atoms with Crippen LogP contribution in [0.2, 0.25) is 0 Å². The van der Waals surface area contributed by atoms with E-state index in [0.717, 1.165) is 17.0 Å². The van der Waals surface area contributed by atoms with E-state index in [4.69, 9.17) is 0 Å². The Kier molecular flexibility index (Phi) is 2.18. The summed E-state index contributed by atoms with van der Waals surface area (Å²) in [6, 6.07) is 5.64. The highest BCUT2D eigenvalue weighted by atomic mass is 32.1. The molecule has 0 aromatic carbocycles. The van der Waals surface area contributed by atoms with Crippen LogP contribution in [0.25, 0.3) is 6.08 Å². The Labute approximate surface area is 95.2 Å². The van der Waals surface area contributed by atoms with Crippen LogP contribution in [0, 0.1) is 0 Å². The number of nitrogens with zero attached hydrogens (tertiary/aromatic N) is 3. The van der Waals surface area contributed by atoms with Crippen molar-refractivity contribution < 1.29 is 0 Å². The minimum atomic E-state index is 0.0481. The molecule has 0 spiro atoms. The molecular weight excluding hydrogens is 222 g/mol. The van der Waals surface area contributed by atoms with Gasteiger partial charge in [-0.1, -0.05) is 17.4 Å². The van der Waals surface area contributed by atoms with Gasteiger partial charge in [0.2, 0.25) is 0 Å². The first-order valence-corrected chi connectivity index (χ1v) is 5.83. The van der Waals surface area contributed by atoms with Crippen molar-refractivity contribution in [3.63, 3.8) is 0 Å². The quantitative estimate of drug-likeness (QED) is 0.680. The molecular formula is C11H9N3OS. The standard InChI is InChI=1S/C11H9N3OS/c15-10-9(7-8-3-1-2-4-12-8)16-11-13-5-6-14(10)11/h1-4,7H,5-6H2. The highest BCUT2D eigenvalue weighted by Crippen LogP contribution is 1.94. The minimum Gasteiger partial charge on any atom is -0.282 e. The monoisotopic (exact) mass is 231 g/mol. The van der Waals surface area contributed by atoms with E-state index >= 15 is 0 Å². The summed E-state index contributed by atoms with van der Waals surface area (Å²) < 4.78 is 2.43. The first-order chi connectivity index (χ1) is 7.84. The Morgan fingerprint density at radius 3 is 3.12 bits per heavy atom. The summed E-state index contributed by atoms with van der Waals surface area (Å²) in [7, 11) is 0. The second kappa shape index (κ2) is 3.68. The first-order valence-electron chi connectivity index (χ1n) is 5.01. The smallest absolute Gasteiger partial charge is 0.270 e. The molecule has 2 aromatic rings. The van der Waals surface area contributed by atoms with Crippen LogP contribution in [-0.2, 0) is 6.54 Å². The maximum absolute atomic E-state index is 11.9. The summed E-state index contributed by atoms with van der Waals surface area (Å²) in [5, 5.41) is 0. The topological polar surface area (TPSA) is 47.2 Å². The molecule has 0 bridgehead atoms. The lowest BCUT2D eigenvalue weighted by molar-refractivity contribution is 0.740. The molecule has 0 radical (unpaired) electrons. The van der Waals surface area contributed by atoms with Gasteiger partial charge in [0.05, 0.1) is 16.8 Å². The largest absolute Gasteiger partial charge is 0.282 e. The van der Waals surface area contributed by atoms with Gasteiger partial charge in [-0.3, -0.25) is 19.3 Å². The van der Waals surface area contributed by atoms with Gasteiger partial charge in [-0.2, -0.15) is 0 Å². The van der Waals surface area contributed by atoms with Gasteiger partial charge in [-0.15, -0.1) is 0 Å². The van der Waals surface area contributed by atoms with Crippen molar-refractivity contribution in [1.29, 1.82) is 0 Å². The summed E-state index contributed by atoms with van der Waals surface area (Å²) in [4.78, 5) is 21.2. The third-order valence-corrected chi connectivity index (χ3v) is 3.47. The molecule has 0 aliphatic carbocycles. The van der Waals surface area contributed by atoms with Crippen molar-refractivity contribution in [3.05, 3.63) is 49.8 Å². The zero-order valence-corrected chi connectivity index (χ0v) is 9.28. The van der Waals surface area contributed by atoms with Crippen LogP contribution in [0.15, 0.2) is 34.2 Å². The summed E-state index contributed by atoms with van der Waals surface area (Å²) >= 11 is 1.43. The third-order valence-electron chi connectivity index (χ3n) is 2.43. The van der Waals surface area contributed by atoms with Gasteiger partial charge in [0.1, 0.15) is 0 Å². The van der Waals surface area contributed by atoms with Crippen LogP contribution in [0.1, 0.15) is 5.69 Å². The van der Waals surface area contributed by atoms with Gasteiger partial charge < -0.3 is 0 Å². The summed E-state index contributed by atoms with van der Waals surface area (Å²) in [6.45, 7) is 1.44. The van der Waals surface area contributed by atoms with Gasteiger partial charge in [0, 0.05) is 12.7 Å². The summed E-state index contributed by atoms with van der Waals surface area (Å²) in [5.74, 6) is 0. The molecule has 5 heteroatoms. The van der Waals surface area contributed by atoms with Gasteiger partial charge >= 0.3 is 0 Å². The Bertz CT molecular complexity index is 684. The molecule has 0 fully saturated rings. The van der Waals surface area contributed by atoms with E-state index in [1.807, 2.05) is 24.3 Å². The van der Waals surface area contributed by atoms with Crippen LogP contribution >= 0.6 is 11.3 Å². The maximum Gasteiger partial charge on any atom is 0.270 e. The van der Waals surface area contributed by atoms with Crippen LogP contribution < -0.4 is 14.9 Å².